The van der Waals surface area contributed by atoms with Gasteiger partial charge in [-0.1, -0.05) is 30.3 Å². The van der Waals surface area contributed by atoms with Crippen LogP contribution in [0.25, 0.3) is 0 Å². The van der Waals surface area contributed by atoms with Gasteiger partial charge in [0.25, 0.3) is 11.8 Å². The summed E-state index contributed by atoms with van der Waals surface area (Å²) >= 11 is 0. The lowest BCUT2D eigenvalue weighted by Crippen LogP contribution is -2.42. The van der Waals surface area contributed by atoms with E-state index in [1.807, 2.05) is 17.0 Å². The van der Waals surface area contributed by atoms with E-state index in [9.17, 15) is 14.7 Å². The Kier molecular flexibility index (Phi) is 5.98. The minimum atomic E-state index is -0.641. The van der Waals surface area contributed by atoms with Crippen LogP contribution in [0.5, 0.6) is 0 Å². The highest BCUT2D eigenvalue weighted by molar-refractivity contribution is 6.01. The van der Waals surface area contributed by atoms with Crippen molar-refractivity contribution in [3.8, 4) is 0 Å². The van der Waals surface area contributed by atoms with Crippen molar-refractivity contribution in [2.75, 3.05) is 32.7 Å². The van der Waals surface area contributed by atoms with Crippen LogP contribution in [0.2, 0.25) is 0 Å². The average molecular weight is 434 g/mol. The largest absolute Gasteiger partial charge is 0.390 e. The molecule has 1 aliphatic carbocycles. The van der Waals surface area contributed by atoms with Gasteiger partial charge < -0.3 is 15.3 Å². The average Bonchev–Trinajstić information content (AvgIpc) is 3.63. The zero-order chi connectivity index (χ0) is 22.1. The van der Waals surface area contributed by atoms with E-state index in [-0.39, 0.29) is 18.4 Å². The first-order valence-electron chi connectivity index (χ1n) is 11.7. The second-order valence-corrected chi connectivity index (χ2v) is 9.43. The van der Waals surface area contributed by atoms with Crippen molar-refractivity contribution in [3.05, 3.63) is 70.3 Å². The number of hydrogen-bond donors (Lipinski definition) is 2. The minimum absolute atomic E-state index is 0.0400. The van der Waals surface area contributed by atoms with Crippen LogP contribution >= 0.6 is 0 Å². The Morgan fingerprint density at radius 1 is 1.06 bits per heavy atom. The zero-order valence-corrected chi connectivity index (χ0v) is 18.4. The number of amides is 2. The molecule has 2 aromatic rings. The molecule has 2 N–H and O–H groups in total. The minimum Gasteiger partial charge on any atom is -0.390 e. The lowest BCUT2D eigenvalue weighted by molar-refractivity contribution is 0.0731. The predicted molar refractivity (Wildman–Crippen MR) is 123 cm³/mol. The van der Waals surface area contributed by atoms with Crippen LogP contribution in [-0.4, -0.2) is 65.5 Å². The maximum atomic E-state index is 12.9. The monoisotopic (exact) mass is 433 g/mol. The Morgan fingerprint density at radius 3 is 2.66 bits per heavy atom. The van der Waals surface area contributed by atoms with Crippen molar-refractivity contribution in [1.82, 2.24) is 15.1 Å². The maximum absolute atomic E-state index is 12.9. The molecule has 0 spiro atoms. The van der Waals surface area contributed by atoms with Crippen molar-refractivity contribution in [2.24, 2.45) is 5.92 Å². The number of nitrogens with zero attached hydrogens (tertiary/aromatic N) is 2. The number of aliphatic hydroxyl groups is 1. The Labute approximate surface area is 189 Å². The Hall–Kier alpha value is -2.70. The second kappa shape index (κ2) is 9.04. The highest BCUT2D eigenvalue weighted by Gasteiger charge is 2.31. The van der Waals surface area contributed by atoms with Crippen molar-refractivity contribution in [1.29, 1.82) is 0 Å². The van der Waals surface area contributed by atoms with Crippen LogP contribution in [0.3, 0.4) is 0 Å². The summed E-state index contributed by atoms with van der Waals surface area (Å²) in [5.41, 5.74) is 4.83. The molecular formula is C26H31N3O3. The molecule has 1 atom stereocenters. The summed E-state index contributed by atoms with van der Waals surface area (Å²) in [6.45, 7) is 4.05. The molecule has 6 nitrogen and oxygen atoms in total. The third kappa shape index (κ3) is 4.71. The molecule has 32 heavy (non-hydrogen) atoms. The van der Waals surface area contributed by atoms with E-state index in [4.69, 9.17) is 0 Å². The predicted octanol–water partition coefficient (Wildman–Crippen LogP) is 2.24. The SMILES string of the molecule is O=C(NC[C@H](O)CN1CCc2ccccc2C1)c1ccc2c(c1)C(=O)N(CC1CC1)CC2. The van der Waals surface area contributed by atoms with E-state index < -0.39 is 6.10 Å². The van der Waals surface area contributed by atoms with Crippen LogP contribution in [0.4, 0.5) is 0 Å². The van der Waals surface area contributed by atoms with Gasteiger partial charge in [0.15, 0.2) is 0 Å². The lowest BCUT2D eigenvalue weighted by Gasteiger charge is -2.30. The molecule has 0 bridgehead atoms. The molecule has 0 radical (unpaired) electrons. The standard InChI is InChI=1S/C26H31N3O3/c30-23(17-28-11-9-19-3-1-2-4-22(19)16-28)14-27-25(31)21-8-7-20-10-12-29(15-18-5-6-18)26(32)24(20)13-21/h1-4,7-8,13,18,23,30H,5-6,9-12,14-17H2,(H,27,31)/t23-/m0/s1. The van der Waals surface area contributed by atoms with Gasteiger partial charge in [0.1, 0.15) is 0 Å². The highest BCUT2D eigenvalue weighted by atomic mass is 16.3. The second-order valence-electron chi connectivity index (χ2n) is 9.43. The van der Waals surface area contributed by atoms with E-state index >= 15 is 0 Å². The topological polar surface area (TPSA) is 72.9 Å². The van der Waals surface area contributed by atoms with E-state index in [0.717, 1.165) is 44.6 Å². The van der Waals surface area contributed by atoms with E-state index in [1.54, 1.807) is 12.1 Å². The summed E-state index contributed by atoms with van der Waals surface area (Å²) in [7, 11) is 0. The Morgan fingerprint density at radius 2 is 1.84 bits per heavy atom. The molecule has 2 amide bonds. The molecule has 3 aliphatic rings. The third-order valence-electron chi connectivity index (χ3n) is 6.89. The van der Waals surface area contributed by atoms with Crippen molar-refractivity contribution >= 4 is 11.8 Å². The Bertz CT molecular complexity index is 1020. The van der Waals surface area contributed by atoms with Gasteiger partial charge in [-0.2, -0.15) is 0 Å². The van der Waals surface area contributed by atoms with E-state index in [1.165, 1.54) is 24.0 Å². The molecule has 2 aliphatic heterocycles. The van der Waals surface area contributed by atoms with Crippen molar-refractivity contribution in [3.63, 3.8) is 0 Å². The summed E-state index contributed by atoms with van der Waals surface area (Å²) in [5, 5.41) is 13.3. The van der Waals surface area contributed by atoms with Gasteiger partial charge in [0.2, 0.25) is 0 Å². The number of carbonyl (C=O) groups is 2. The first kappa shape index (κ1) is 21.2. The summed E-state index contributed by atoms with van der Waals surface area (Å²) < 4.78 is 0. The summed E-state index contributed by atoms with van der Waals surface area (Å²) in [6, 6.07) is 13.8. The summed E-state index contributed by atoms with van der Waals surface area (Å²) in [6.07, 6.45) is 3.61. The van der Waals surface area contributed by atoms with Crippen LogP contribution in [0.15, 0.2) is 42.5 Å². The van der Waals surface area contributed by atoms with Gasteiger partial charge in [0, 0.05) is 50.4 Å². The normalized spacial score (nSPS) is 19.3. The smallest absolute Gasteiger partial charge is 0.254 e. The number of fused-ring (bicyclic) bond motifs is 2. The first-order valence-corrected chi connectivity index (χ1v) is 11.7. The zero-order valence-electron chi connectivity index (χ0n) is 18.4. The van der Waals surface area contributed by atoms with Crippen LogP contribution in [-0.2, 0) is 19.4 Å². The molecule has 1 saturated carbocycles. The van der Waals surface area contributed by atoms with Gasteiger partial charge in [0.05, 0.1) is 6.10 Å². The maximum Gasteiger partial charge on any atom is 0.254 e. The molecule has 2 heterocycles. The van der Waals surface area contributed by atoms with Crippen LogP contribution in [0.1, 0.15) is 50.2 Å². The van der Waals surface area contributed by atoms with E-state index in [2.05, 4.69) is 28.4 Å². The van der Waals surface area contributed by atoms with Gasteiger partial charge in [-0.15, -0.1) is 0 Å². The number of carbonyl (C=O) groups excluding carboxylic acids is 2. The number of rotatable bonds is 7. The van der Waals surface area contributed by atoms with Gasteiger partial charge in [-0.05, 0) is 60.4 Å². The molecule has 0 unspecified atom stereocenters. The quantitative estimate of drug-likeness (QED) is 0.703. The molecule has 2 aromatic carbocycles. The number of β-amino-alcohol motifs (C(OH)–C–C–N with tert-alkyl or cyclic N) is 1. The van der Waals surface area contributed by atoms with Crippen molar-refractivity contribution < 1.29 is 14.7 Å². The summed E-state index contributed by atoms with van der Waals surface area (Å²) in [4.78, 5) is 29.7. The fourth-order valence-corrected chi connectivity index (χ4v) is 4.83. The fourth-order valence-electron chi connectivity index (χ4n) is 4.83. The molecule has 1 fully saturated rings. The van der Waals surface area contributed by atoms with Gasteiger partial charge in [-0.25, -0.2) is 0 Å². The molecular weight excluding hydrogens is 402 g/mol. The number of benzene rings is 2. The number of hydrogen-bond acceptors (Lipinski definition) is 4. The summed E-state index contributed by atoms with van der Waals surface area (Å²) in [5.74, 6) is 0.447. The van der Waals surface area contributed by atoms with Gasteiger partial charge >= 0.3 is 0 Å². The first-order chi connectivity index (χ1) is 15.6. The van der Waals surface area contributed by atoms with Crippen LogP contribution in [0, 0.1) is 5.92 Å². The van der Waals surface area contributed by atoms with Crippen LogP contribution < -0.4 is 5.32 Å². The lowest BCUT2D eigenvalue weighted by atomic mass is 9.96. The number of nitrogens with one attached hydrogen (secondary N) is 1. The fraction of sp³-hybridized carbons (Fsp3) is 0.462. The highest BCUT2D eigenvalue weighted by Crippen LogP contribution is 2.31. The molecule has 5 rings (SSSR count). The molecule has 0 aromatic heterocycles. The molecule has 6 heteroatoms. The Balaban J connectivity index is 1.15. The third-order valence-corrected chi connectivity index (χ3v) is 6.89. The molecule has 168 valence electrons. The van der Waals surface area contributed by atoms with Crippen molar-refractivity contribution in [2.45, 2.75) is 38.3 Å². The van der Waals surface area contributed by atoms with E-state index in [0.29, 0.717) is 23.6 Å². The van der Waals surface area contributed by atoms with Gasteiger partial charge in [-0.3, -0.25) is 14.5 Å². The number of aliphatic hydroxyl groups excluding tert-OH is 1. The molecule has 0 saturated heterocycles.